The molecular formula is C23H24N2O4S. The lowest BCUT2D eigenvalue weighted by molar-refractivity contribution is 0.0532. The Morgan fingerprint density at radius 1 is 1.03 bits per heavy atom. The molecule has 1 aromatic heterocycles. The van der Waals surface area contributed by atoms with Crippen molar-refractivity contribution >= 4 is 28.3 Å². The van der Waals surface area contributed by atoms with Crippen LogP contribution in [0.5, 0.6) is 5.75 Å². The Morgan fingerprint density at radius 3 is 2.43 bits per heavy atom. The Morgan fingerprint density at radius 2 is 1.77 bits per heavy atom. The highest BCUT2D eigenvalue weighted by Gasteiger charge is 2.21. The van der Waals surface area contributed by atoms with Crippen molar-refractivity contribution in [3.63, 3.8) is 0 Å². The SMILES string of the molecule is CCCCOc1ccc(C(=O)Nc2nc(-c3ccccc3)c(C(=O)OCC)s2)cc1. The van der Waals surface area contributed by atoms with E-state index >= 15 is 0 Å². The largest absolute Gasteiger partial charge is 0.494 e. The van der Waals surface area contributed by atoms with Crippen LogP contribution in [0.2, 0.25) is 0 Å². The Bertz CT molecular complexity index is 984. The summed E-state index contributed by atoms with van der Waals surface area (Å²) >= 11 is 1.10. The lowest BCUT2D eigenvalue weighted by atomic mass is 10.1. The second-order valence-corrected chi connectivity index (χ2v) is 7.46. The van der Waals surface area contributed by atoms with Crippen LogP contribution in [0, 0.1) is 0 Å². The number of carbonyl (C=O) groups is 2. The summed E-state index contributed by atoms with van der Waals surface area (Å²) in [4.78, 5) is 29.8. The van der Waals surface area contributed by atoms with Gasteiger partial charge in [0.1, 0.15) is 10.6 Å². The Kier molecular flexibility index (Phi) is 7.57. The third kappa shape index (κ3) is 5.45. The molecule has 156 valence electrons. The molecule has 0 atom stereocenters. The maximum atomic E-state index is 12.6. The monoisotopic (exact) mass is 424 g/mol. The van der Waals surface area contributed by atoms with Gasteiger partial charge in [-0.05, 0) is 37.6 Å². The molecule has 6 nitrogen and oxygen atoms in total. The van der Waals surface area contributed by atoms with Gasteiger partial charge in [-0.15, -0.1) is 0 Å². The molecule has 0 aliphatic carbocycles. The summed E-state index contributed by atoms with van der Waals surface area (Å²) in [7, 11) is 0. The first-order valence-electron chi connectivity index (χ1n) is 9.90. The van der Waals surface area contributed by atoms with E-state index in [1.165, 1.54) is 0 Å². The van der Waals surface area contributed by atoms with Gasteiger partial charge in [-0.1, -0.05) is 55.0 Å². The van der Waals surface area contributed by atoms with Crippen LogP contribution < -0.4 is 10.1 Å². The summed E-state index contributed by atoms with van der Waals surface area (Å²) in [5, 5.41) is 3.12. The van der Waals surface area contributed by atoms with Gasteiger partial charge in [0, 0.05) is 11.1 Å². The van der Waals surface area contributed by atoms with Crippen molar-refractivity contribution in [3.8, 4) is 17.0 Å². The van der Waals surface area contributed by atoms with E-state index in [-0.39, 0.29) is 12.5 Å². The number of amides is 1. The number of benzene rings is 2. The summed E-state index contributed by atoms with van der Waals surface area (Å²) < 4.78 is 10.8. The van der Waals surface area contributed by atoms with E-state index in [0.717, 1.165) is 35.5 Å². The Hall–Kier alpha value is -3.19. The molecule has 0 bridgehead atoms. The Labute approximate surface area is 179 Å². The predicted octanol–water partition coefficient (Wildman–Crippen LogP) is 5.42. The van der Waals surface area contributed by atoms with Gasteiger partial charge in [-0.2, -0.15) is 0 Å². The molecule has 1 N–H and O–H groups in total. The third-order valence-electron chi connectivity index (χ3n) is 4.24. The van der Waals surface area contributed by atoms with Crippen molar-refractivity contribution < 1.29 is 19.1 Å². The normalized spacial score (nSPS) is 10.5. The number of hydrogen-bond donors (Lipinski definition) is 1. The van der Waals surface area contributed by atoms with E-state index in [4.69, 9.17) is 9.47 Å². The molecular weight excluding hydrogens is 400 g/mol. The summed E-state index contributed by atoms with van der Waals surface area (Å²) in [6.45, 7) is 4.77. The number of rotatable bonds is 9. The second-order valence-electron chi connectivity index (χ2n) is 6.46. The number of aromatic nitrogens is 1. The predicted molar refractivity (Wildman–Crippen MR) is 118 cm³/mol. The first-order chi connectivity index (χ1) is 14.6. The van der Waals surface area contributed by atoms with E-state index in [1.54, 1.807) is 31.2 Å². The topological polar surface area (TPSA) is 77.5 Å². The summed E-state index contributed by atoms with van der Waals surface area (Å²) in [5.41, 5.74) is 1.76. The van der Waals surface area contributed by atoms with Crippen molar-refractivity contribution in [2.75, 3.05) is 18.5 Å². The quantitative estimate of drug-likeness (QED) is 0.367. The van der Waals surface area contributed by atoms with Gasteiger partial charge in [0.15, 0.2) is 5.13 Å². The maximum absolute atomic E-state index is 12.6. The minimum Gasteiger partial charge on any atom is -0.494 e. The zero-order chi connectivity index (χ0) is 21.3. The van der Waals surface area contributed by atoms with E-state index < -0.39 is 5.97 Å². The number of nitrogens with one attached hydrogen (secondary N) is 1. The van der Waals surface area contributed by atoms with E-state index in [9.17, 15) is 9.59 Å². The standard InChI is InChI=1S/C23H24N2O4S/c1-3-5-15-29-18-13-11-17(12-14-18)21(26)25-23-24-19(16-9-7-6-8-10-16)20(30-23)22(27)28-4-2/h6-14H,3-5,15H2,1-2H3,(H,24,25,26). The van der Waals surface area contributed by atoms with E-state index in [2.05, 4.69) is 17.2 Å². The minimum absolute atomic E-state index is 0.263. The number of esters is 1. The molecule has 0 saturated heterocycles. The second kappa shape index (κ2) is 10.5. The molecule has 0 aliphatic rings. The van der Waals surface area contributed by atoms with Crippen molar-refractivity contribution in [3.05, 3.63) is 65.0 Å². The summed E-state index contributed by atoms with van der Waals surface area (Å²) in [5.74, 6) is -0.0352. The van der Waals surface area contributed by atoms with Crippen molar-refractivity contribution in [2.45, 2.75) is 26.7 Å². The first-order valence-corrected chi connectivity index (χ1v) is 10.7. The average molecular weight is 425 g/mol. The van der Waals surface area contributed by atoms with Gasteiger partial charge in [-0.3, -0.25) is 10.1 Å². The van der Waals surface area contributed by atoms with Gasteiger partial charge < -0.3 is 9.47 Å². The maximum Gasteiger partial charge on any atom is 0.350 e. The number of anilines is 1. The van der Waals surface area contributed by atoms with Crippen molar-refractivity contribution in [2.24, 2.45) is 0 Å². The smallest absolute Gasteiger partial charge is 0.350 e. The molecule has 2 aromatic carbocycles. The first kappa shape index (κ1) is 21.5. The molecule has 1 heterocycles. The number of nitrogens with zero attached hydrogens (tertiary/aromatic N) is 1. The molecule has 1 amide bonds. The van der Waals surface area contributed by atoms with Gasteiger partial charge in [-0.25, -0.2) is 9.78 Å². The fourth-order valence-corrected chi connectivity index (χ4v) is 3.58. The Balaban J connectivity index is 1.77. The van der Waals surface area contributed by atoms with Crippen LogP contribution in [0.4, 0.5) is 5.13 Å². The van der Waals surface area contributed by atoms with Gasteiger partial charge in [0.2, 0.25) is 0 Å². The molecule has 3 aromatic rings. The van der Waals surface area contributed by atoms with Crippen LogP contribution in [0.1, 0.15) is 46.7 Å². The lowest BCUT2D eigenvalue weighted by Crippen LogP contribution is -2.11. The highest BCUT2D eigenvalue weighted by atomic mass is 32.1. The molecule has 0 unspecified atom stereocenters. The fraction of sp³-hybridized carbons (Fsp3) is 0.261. The number of thiazole rings is 1. The summed E-state index contributed by atoms with van der Waals surface area (Å²) in [6, 6.07) is 16.3. The molecule has 30 heavy (non-hydrogen) atoms. The van der Waals surface area contributed by atoms with E-state index in [1.807, 2.05) is 30.3 Å². The van der Waals surface area contributed by atoms with Crippen LogP contribution in [0.25, 0.3) is 11.3 Å². The third-order valence-corrected chi connectivity index (χ3v) is 5.19. The summed E-state index contributed by atoms with van der Waals surface area (Å²) in [6.07, 6.45) is 2.05. The molecule has 0 radical (unpaired) electrons. The average Bonchev–Trinajstić information content (AvgIpc) is 3.19. The molecule has 0 fully saturated rings. The molecule has 3 rings (SSSR count). The van der Waals surface area contributed by atoms with Crippen LogP contribution in [-0.2, 0) is 4.74 Å². The number of unbranched alkanes of at least 4 members (excludes halogenated alkanes) is 1. The zero-order valence-corrected chi connectivity index (χ0v) is 17.8. The van der Waals surface area contributed by atoms with Gasteiger partial charge in [0.25, 0.3) is 5.91 Å². The molecule has 0 saturated carbocycles. The lowest BCUT2D eigenvalue weighted by Gasteiger charge is -2.06. The van der Waals surface area contributed by atoms with Crippen molar-refractivity contribution in [1.29, 1.82) is 0 Å². The van der Waals surface area contributed by atoms with Crippen LogP contribution in [-0.4, -0.2) is 30.1 Å². The van der Waals surface area contributed by atoms with Crippen LogP contribution in [0.3, 0.4) is 0 Å². The fourth-order valence-electron chi connectivity index (χ4n) is 2.71. The molecule has 0 spiro atoms. The van der Waals surface area contributed by atoms with Crippen LogP contribution >= 0.6 is 11.3 Å². The highest BCUT2D eigenvalue weighted by molar-refractivity contribution is 7.18. The van der Waals surface area contributed by atoms with Gasteiger partial charge in [0.05, 0.1) is 18.9 Å². The number of carbonyl (C=O) groups excluding carboxylic acids is 2. The van der Waals surface area contributed by atoms with E-state index in [0.29, 0.717) is 27.9 Å². The minimum atomic E-state index is -0.456. The molecule has 7 heteroatoms. The van der Waals surface area contributed by atoms with Crippen LogP contribution in [0.15, 0.2) is 54.6 Å². The number of ether oxygens (including phenoxy) is 2. The number of hydrogen-bond acceptors (Lipinski definition) is 6. The van der Waals surface area contributed by atoms with Crippen molar-refractivity contribution in [1.82, 2.24) is 4.98 Å². The molecule has 0 aliphatic heterocycles. The van der Waals surface area contributed by atoms with Gasteiger partial charge >= 0.3 is 5.97 Å². The highest BCUT2D eigenvalue weighted by Crippen LogP contribution is 2.32. The zero-order valence-electron chi connectivity index (χ0n) is 17.0.